The van der Waals surface area contributed by atoms with Crippen molar-refractivity contribution in [3.05, 3.63) is 24.3 Å². The smallest absolute Gasteiger partial charge is 0.142 e. The Labute approximate surface area is 109 Å². The van der Waals surface area contributed by atoms with E-state index in [1.807, 2.05) is 18.2 Å². The van der Waals surface area contributed by atoms with E-state index in [1.165, 1.54) is 0 Å². The Kier molecular flexibility index (Phi) is 4.88. The quantitative estimate of drug-likeness (QED) is 0.868. The second-order valence-corrected chi connectivity index (χ2v) is 5.23. The van der Waals surface area contributed by atoms with Gasteiger partial charge in [0.2, 0.25) is 0 Å². The number of nitrogens with one attached hydrogen (secondary N) is 1. The summed E-state index contributed by atoms with van der Waals surface area (Å²) in [5.74, 6) is 1.50. The molecular formula is C15H23NO2. The summed E-state index contributed by atoms with van der Waals surface area (Å²) in [4.78, 5) is 0. The van der Waals surface area contributed by atoms with E-state index in [4.69, 9.17) is 9.47 Å². The maximum Gasteiger partial charge on any atom is 0.142 e. The number of anilines is 1. The van der Waals surface area contributed by atoms with E-state index in [-0.39, 0.29) is 0 Å². The normalized spacial score (nSPS) is 16.8. The van der Waals surface area contributed by atoms with Crippen LogP contribution in [0.1, 0.15) is 26.7 Å². The van der Waals surface area contributed by atoms with Gasteiger partial charge in [-0.05, 0) is 30.9 Å². The Morgan fingerprint density at radius 3 is 2.72 bits per heavy atom. The highest BCUT2D eigenvalue weighted by Gasteiger charge is 2.15. The summed E-state index contributed by atoms with van der Waals surface area (Å²) in [6, 6.07) is 8.69. The molecule has 0 radical (unpaired) electrons. The highest BCUT2D eigenvalue weighted by Crippen LogP contribution is 2.26. The average molecular weight is 249 g/mol. The summed E-state index contributed by atoms with van der Waals surface area (Å²) in [6.07, 6.45) is 2.14. The van der Waals surface area contributed by atoms with Crippen molar-refractivity contribution in [2.75, 3.05) is 25.1 Å². The van der Waals surface area contributed by atoms with Crippen molar-refractivity contribution in [3.63, 3.8) is 0 Å². The number of hydrogen-bond acceptors (Lipinski definition) is 3. The third-order valence-electron chi connectivity index (χ3n) is 3.04. The van der Waals surface area contributed by atoms with Crippen LogP contribution >= 0.6 is 0 Å². The van der Waals surface area contributed by atoms with Gasteiger partial charge in [0.25, 0.3) is 0 Å². The van der Waals surface area contributed by atoms with Crippen LogP contribution in [0.2, 0.25) is 0 Å². The lowest BCUT2D eigenvalue weighted by molar-refractivity contribution is 0.0904. The Hall–Kier alpha value is -1.22. The van der Waals surface area contributed by atoms with Crippen LogP contribution in [-0.4, -0.2) is 25.9 Å². The molecule has 0 spiro atoms. The molecule has 3 heteroatoms. The largest absolute Gasteiger partial charge is 0.491 e. The van der Waals surface area contributed by atoms with Crippen LogP contribution in [0.3, 0.4) is 0 Å². The van der Waals surface area contributed by atoms with Crippen molar-refractivity contribution >= 4 is 5.69 Å². The average Bonchev–Trinajstić information content (AvgIpc) is 2.39. The molecule has 1 fully saturated rings. The van der Waals surface area contributed by atoms with Crippen LogP contribution in [0.5, 0.6) is 5.75 Å². The molecule has 1 aromatic rings. The third kappa shape index (κ3) is 3.91. The van der Waals surface area contributed by atoms with Crippen LogP contribution in [0, 0.1) is 5.92 Å². The molecule has 1 aromatic carbocycles. The van der Waals surface area contributed by atoms with Crippen molar-refractivity contribution in [3.8, 4) is 5.75 Å². The molecule has 100 valence electrons. The minimum atomic E-state index is 0.502. The van der Waals surface area contributed by atoms with Crippen LogP contribution in [0.25, 0.3) is 0 Å². The minimum absolute atomic E-state index is 0.502. The molecule has 18 heavy (non-hydrogen) atoms. The van der Waals surface area contributed by atoms with Crippen LogP contribution < -0.4 is 10.1 Å². The van der Waals surface area contributed by atoms with Crippen LogP contribution in [0.4, 0.5) is 5.69 Å². The van der Waals surface area contributed by atoms with Crippen molar-refractivity contribution in [2.45, 2.75) is 32.7 Å². The lowest BCUT2D eigenvalue weighted by Gasteiger charge is -2.25. The molecule has 0 bridgehead atoms. The molecular weight excluding hydrogens is 226 g/mol. The third-order valence-corrected chi connectivity index (χ3v) is 3.04. The molecule has 0 atom stereocenters. The number of ether oxygens (including phenoxy) is 2. The van der Waals surface area contributed by atoms with Crippen LogP contribution in [0.15, 0.2) is 24.3 Å². The highest BCUT2D eigenvalue weighted by molar-refractivity contribution is 5.56. The highest BCUT2D eigenvalue weighted by atomic mass is 16.5. The molecule has 1 saturated heterocycles. The zero-order chi connectivity index (χ0) is 12.8. The molecule has 1 N–H and O–H groups in total. The van der Waals surface area contributed by atoms with Crippen molar-refractivity contribution < 1.29 is 9.47 Å². The predicted octanol–water partition coefficient (Wildman–Crippen LogP) is 3.31. The van der Waals surface area contributed by atoms with E-state index < -0.39 is 0 Å². The molecule has 0 saturated carbocycles. The Morgan fingerprint density at radius 2 is 2.00 bits per heavy atom. The van der Waals surface area contributed by atoms with Gasteiger partial charge >= 0.3 is 0 Å². The van der Waals surface area contributed by atoms with E-state index in [9.17, 15) is 0 Å². The van der Waals surface area contributed by atoms with Gasteiger partial charge in [0.15, 0.2) is 0 Å². The van der Waals surface area contributed by atoms with E-state index in [1.54, 1.807) is 0 Å². The topological polar surface area (TPSA) is 30.5 Å². The van der Waals surface area contributed by atoms with Gasteiger partial charge in [0, 0.05) is 19.3 Å². The molecule has 1 aliphatic heterocycles. The second-order valence-electron chi connectivity index (χ2n) is 5.23. The Morgan fingerprint density at radius 1 is 1.28 bits per heavy atom. The SMILES string of the molecule is CC(C)COc1ccccc1NC1CCOCC1. The van der Waals surface area contributed by atoms with Crippen molar-refractivity contribution in [2.24, 2.45) is 5.92 Å². The number of hydrogen-bond donors (Lipinski definition) is 1. The van der Waals surface area contributed by atoms with Gasteiger partial charge in [0.1, 0.15) is 5.75 Å². The summed E-state index contributed by atoms with van der Waals surface area (Å²) in [5.41, 5.74) is 1.10. The van der Waals surface area contributed by atoms with E-state index in [0.717, 1.165) is 44.1 Å². The van der Waals surface area contributed by atoms with Gasteiger partial charge < -0.3 is 14.8 Å². The monoisotopic (exact) mass is 249 g/mol. The summed E-state index contributed by atoms with van der Waals surface area (Å²) in [7, 11) is 0. The van der Waals surface area contributed by atoms with Gasteiger partial charge in [-0.1, -0.05) is 26.0 Å². The Balaban J connectivity index is 1.97. The van der Waals surface area contributed by atoms with E-state index >= 15 is 0 Å². The molecule has 2 rings (SSSR count). The zero-order valence-corrected chi connectivity index (χ0v) is 11.3. The molecule has 0 amide bonds. The fourth-order valence-corrected chi connectivity index (χ4v) is 2.03. The first-order valence-corrected chi connectivity index (χ1v) is 6.82. The van der Waals surface area contributed by atoms with Gasteiger partial charge in [-0.25, -0.2) is 0 Å². The van der Waals surface area contributed by atoms with Crippen LogP contribution in [-0.2, 0) is 4.74 Å². The van der Waals surface area contributed by atoms with Crippen molar-refractivity contribution in [1.29, 1.82) is 0 Å². The molecule has 1 aliphatic rings. The van der Waals surface area contributed by atoms with Gasteiger partial charge in [-0.2, -0.15) is 0 Å². The molecule has 3 nitrogen and oxygen atoms in total. The molecule has 0 aromatic heterocycles. The van der Waals surface area contributed by atoms with Gasteiger partial charge in [-0.3, -0.25) is 0 Å². The Bertz CT molecular complexity index is 359. The lowest BCUT2D eigenvalue weighted by atomic mass is 10.1. The first-order valence-electron chi connectivity index (χ1n) is 6.82. The maximum absolute atomic E-state index is 5.85. The standard InChI is InChI=1S/C15H23NO2/c1-12(2)11-18-15-6-4-3-5-14(15)16-13-7-9-17-10-8-13/h3-6,12-13,16H,7-11H2,1-2H3. The fourth-order valence-electron chi connectivity index (χ4n) is 2.03. The zero-order valence-electron chi connectivity index (χ0n) is 11.3. The lowest BCUT2D eigenvalue weighted by Crippen LogP contribution is -2.28. The summed E-state index contributed by atoms with van der Waals surface area (Å²) >= 11 is 0. The number of rotatable bonds is 5. The minimum Gasteiger partial charge on any atom is -0.491 e. The molecule has 0 aliphatic carbocycles. The fraction of sp³-hybridized carbons (Fsp3) is 0.600. The van der Waals surface area contributed by atoms with Crippen molar-refractivity contribution in [1.82, 2.24) is 0 Å². The predicted molar refractivity (Wildman–Crippen MR) is 74.2 cm³/mol. The molecule has 1 heterocycles. The van der Waals surface area contributed by atoms with E-state index in [2.05, 4.69) is 25.2 Å². The molecule has 0 unspecified atom stereocenters. The maximum atomic E-state index is 5.85. The summed E-state index contributed by atoms with van der Waals surface area (Å²) in [5, 5.41) is 3.57. The first-order chi connectivity index (χ1) is 8.75. The van der Waals surface area contributed by atoms with Gasteiger partial charge in [-0.15, -0.1) is 0 Å². The summed E-state index contributed by atoms with van der Waals surface area (Å²) < 4.78 is 11.2. The van der Waals surface area contributed by atoms with Gasteiger partial charge in [0.05, 0.1) is 12.3 Å². The first kappa shape index (κ1) is 13.2. The van der Waals surface area contributed by atoms with E-state index in [0.29, 0.717) is 12.0 Å². The number of benzene rings is 1. The second kappa shape index (κ2) is 6.64. The number of para-hydroxylation sites is 2. The summed E-state index contributed by atoms with van der Waals surface area (Å²) in [6.45, 7) is 6.79.